The van der Waals surface area contributed by atoms with Crippen molar-refractivity contribution in [1.82, 2.24) is 4.90 Å². The fourth-order valence-electron chi connectivity index (χ4n) is 3.58. The molecule has 0 aliphatic carbocycles. The van der Waals surface area contributed by atoms with E-state index in [0.717, 1.165) is 35.3 Å². The predicted octanol–water partition coefficient (Wildman–Crippen LogP) is 4.60. The SMILES string of the molecule is Cc1cc(/C=C/C(=O)c2ccc(O)c(CN3CCCCC3)c2)cc(C)c1O. The van der Waals surface area contributed by atoms with Gasteiger partial charge in [-0.3, -0.25) is 9.69 Å². The van der Waals surface area contributed by atoms with Crippen molar-refractivity contribution in [2.24, 2.45) is 0 Å². The van der Waals surface area contributed by atoms with E-state index in [2.05, 4.69) is 4.90 Å². The number of likely N-dealkylation sites (tertiary alicyclic amines) is 1. The number of aryl methyl sites for hydroxylation is 2. The summed E-state index contributed by atoms with van der Waals surface area (Å²) in [6.07, 6.45) is 6.95. The van der Waals surface area contributed by atoms with Crippen molar-refractivity contribution in [3.05, 3.63) is 64.2 Å². The van der Waals surface area contributed by atoms with E-state index in [1.165, 1.54) is 19.3 Å². The molecule has 0 spiro atoms. The number of ketones is 1. The third-order valence-corrected chi connectivity index (χ3v) is 5.15. The van der Waals surface area contributed by atoms with Crippen LogP contribution in [0.1, 0.15) is 51.9 Å². The van der Waals surface area contributed by atoms with Crippen LogP contribution in [-0.2, 0) is 6.54 Å². The van der Waals surface area contributed by atoms with Crippen molar-refractivity contribution in [3.63, 3.8) is 0 Å². The van der Waals surface area contributed by atoms with Gasteiger partial charge >= 0.3 is 0 Å². The number of benzene rings is 2. The first-order chi connectivity index (χ1) is 12.9. The normalized spacial score (nSPS) is 15.3. The zero-order chi connectivity index (χ0) is 19.4. The molecule has 0 atom stereocenters. The van der Waals surface area contributed by atoms with Gasteiger partial charge in [0.05, 0.1) is 0 Å². The van der Waals surface area contributed by atoms with Gasteiger partial charge in [0.1, 0.15) is 11.5 Å². The molecule has 1 fully saturated rings. The number of nitrogens with zero attached hydrogens (tertiary/aromatic N) is 1. The standard InChI is InChI=1S/C23H27NO3/c1-16-12-18(13-17(2)23(16)27)6-8-21(25)19-7-9-22(26)20(14-19)15-24-10-4-3-5-11-24/h6-9,12-14,26-27H,3-5,10-11,15H2,1-2H3/b8-6+. The fourth-order valence-corrected chi connectivity index (χ4v) is 3.58. The molecule has 0 bridgehead atoms. The van der Waals surface area contributed by atoms with E-state index < -0.39 is 0 Å². The van der Waals surface area contributed by atoms with E-state index in [9.17, 15) is 15.0 Å². The van der Waals surface area contributed by atoms with Crippen molar-refractivity contribution < 1.29 is 15.0 Å². The molecule has 4 nitrogen and oxygen atoms in total. The molecule has 0 saturated carbocycles. The zero-order valence-electron chi connectivity index (χ0n) is 16.0. The maximum absolute atomic E-state index is 12.6. The van der Waals surface area contributed by atoms with Gasteiger partial charge in [-0.05, 0) is 92.9 Å². The maximum atomic E-state index is 12.6. The third kappa shape index (κ3) is 4.77. The summed E-state index contributed by atoms with van der Waals surface area (Å²) in [6, 6.07) is 8.77. The molecule has 0 amide bonds. The number of rotatable bonds is 5. The minimum atomic E-state index is -0.0988. The van der Waals surface area contributed by atoms with Crippen molar-refractivity contribution >= 4 is 11.9 Å². The van der Waals surface area contributed by atoms with Crippen LogP contribution in [-0.4, -0.2) is 34.0 Å². The monoisotopic (exact) mass is 365 g/mol. The number of piperidine rings is 1. The number of allylic oxidation sites excluding steroid dienone is 1. The smallest absolute Gasteiger partial charge is 0.185 e. The lowest BCUT2D eigenvalue weighted by Crippen LogP contribution is -2.29. The van der Waals surface area contributed by atoms with Crippen molar-refractivity contribution in [1.29, 1.82) is 0 Å². The predicted molar refractivity (Wildman–Crippen MR) is 108 cm³/mol. The Morgan fingerprint density at radius 3 is 2.37 bits per heavy atom. The Kier molecular flexibility index (Phi) is 5.97. The number of phenols is 2. The van der Waals surface area contributed by atoms with Gasteiger partial charge in [0, 0.05) is 17.7 Å². The number of hydrogen-bond donors (Lipinski definition) is 2. The van der Waals surface area contributed by atoms with Crippen LogP contribution >= 0.6 is 0 Å². The van der Waals surface area contributed by atoms with Gasteiger partial charge < -0.3 is 10.2 Å². The molecule has 142 valence electrons. The highest BCUT2D eigenvalue weighted by Crippen LogP contribution is 2.25. The number of aromatic hydroxyl groups is 2. The van der Waals surface area contributed by atoms with E-state index >= 15 is 0 Å². The van der Waals surface area contributed by atoms with Crippen molar-refractivity contribution in [3.8, 4) is 11.5 Å². The van der Waals surface area contributed by atoms with Crippen LogP contribution in [0, 0.1) is 13.8 Å². The minimum absolute atomic E-state index is 0.0988. The second kappa shape index (κ2) is 8.40. The van der Waals surface area contributed by atoms with Crippen molar-refractivity contribution in [2.45, 2.75) is 39.7 Å². The van der Waals surface area contributed by atoms with Crippen LogP contribution in [0.4, 0.5) is 0 Å². The van der Waals surface area contributed by atoms with E-state index in [4.69, 9.17) is 0 Å². The topological polar surface area (TPSA) is 60.8 Å². The second-order valence-corrected chi connectivity index (χ2v) is 7.38. The Labute approximate surface area is 160 Å². The lowest BCUT2D eigenvalue weighted by Gasteiger charge is -2.26. The molecule has 0 aromatic heterocycles. The Bertz CT molecular complexity index is 841. The first-order valence-corrected chi connectivity index (χ1v) is 9.51. The maximum Gasteiger partial charge on any atom is 0.185 e. The van der Waals surface area contributed by atoms with Gasteiger partial charge in [0.15, 0.2) is 5.78 Å². The Morgan fingerprint density at radius 2 is 1.70 bits per heavy atom. The number of phenolic OH excluding ortho intramolecular Hbond substituents is 2. The van der Waals surface area contributed by atoms with Crippen LogP contribution in [0.5, 0.6) is 11.5 Å². The molecule has 1 aliphatic rings. The van der Waals surface area contributed by atoms with E-state index in [1.807, 2.05) is 26.0 Å². The lowest BCUT2D eigenvalue weighted by atomic mass is 10.0. The quantitative estimate of drug-likeness (QED) is 0.601. The minimum Gasteiger partial charge on any atom is -0.508 e. The fraction of sp³-hybridized carbons (Fsp3) is 0.348. The lowest BCUT2D eigenvalue weighted by molar-refractivity contribution is 0.104. The summed E-state index contributed by atoms with van der Waals surface area (Å²) in [7, 11) is 0. The average Bonchev–Trinajstić information content (AvgIpc) is 2.66. The zero-order valence-corrected chi connectivity index (χ0v) is 16.0. The largest absolute Gasteiger partial charge is 0.508 e. The molecule has 2 aromatic rings. The molecule has 3 rings (SSSR count). The Morgan fingerprint density at radius 1 is 1.04 bits per heavy atom. The highest BCUT2D eigenvalue weighted by Gasteiger charge is 2.14. The molecule has 27 heavy (non-hydrogen) atoms. The molecule has 0 unspecified atom stereocenters. The number of hydrogen-bond acceptors (Lipinski definition) is 4. The van der Waals surface area contributed by atoms with E-state index in [-0.39, 0.29) is 11.5 Å². The molecule has 0 radical (unpaired) electrons. The van der Waals surface area contributed by atoms with Crippen molar-refractivity contribution in [2.75, 3.05) is 13.1 Å². The summed E-state index contributed by atoms with van der Waals surface area (Å²) in [6.45, 7) is 6.43. The van der Waals surface area contributed by atoms with Gasteiger partial charge in [-0.1, -0.05) is 12.5 Å². The average molecular weight is 365 g/mol. The molecule has 2 aromatic carbocycles. The summed E-state index contributed by atoms with van der Waals surface area (Å²) in [5, 5.41) is 20.0. The molecule has 2 N–H and O–H groups in total. The van der Waals surface area contributed by atoms with Crippen LogP contribution in [0.3, 0.4) is 0 Å². The first kappa shape index (κ1) is 19.2. The molecule has 4 heteroatoms. The van der Waals surface area contributed by atoms with Crippen LogP contribution in [0.25, 0.3) is 6.08 Å². The number of carbonyl (C=O) groups excluding carboxylic acids is 1. The summed E-state index contributed by atoms with van der Waals surface area (Å²) < 4.78 is 0. The summed E-state index contributed by atoms with van der Waals surface area (Å²) in [5.74, 6) is 0.434. The van der Waals surface area contributed by atoms with Gasteiger partial charge in [-0.25, -0.2) is 0 Å². The Balaban J connectivity index is 1.75. The van der Waals surface area contributed by atoms with Crippen LogP contribution < -0.4 is 0 Å². The van der Waals surface area contributed by atoms with E-state index in [1.54, 1.807) is 30.4 Å². The van der Waals surface area contributed by atoms with Gasteiger partial charge in [-0.2, -0.15) is 0 Å². The second-order valence-electron chi connectivity index (χ2n) is 7.38. The molecular weight excluding hydrogens is 338 g/mol. The summed E-state index contributed by atoms with van der Waals surface area (Å²) in [4.78, 5) is 14.9. The summed E-state index contributed by atoms with van der Waals surface area (Å²) in [5.41, 5.74) is 3.82. The number of carbonyl (C=O) groups is 1. The molecular formula is C23H27NO3. The van der Waals surface area contributed by atoms with E-state index in [0.29, 0.717) is 17.9 Å². The first-order valence-electron chi connectivity index (χ1n) is 9.51. The molecule has 1 saturated heterocycles. The van der Waals surface area contributed by atoms with Crippen LogP contribution in [0.15, 0.2) is 36.4 Å². The summed E-state index contributed by atoms with van der Waals surface area (Å²) >= 11 is 0. The van der Waals surface area contributed by atoms with Crippen LogP contribution in [0.2, 0.25) is 0 Å². The van der Waals surface area contributed by atoms with Gasteiger partial charge in [-0.15, -0.1) is 0 Å². The molecule has 1 aliphatic heterocycles. The third-order valence-electron chi connectivity index (χ3n) is 5.15. The van der Waals surface area contributed by atoms with Gasteiger partial charge in [0.2, 0.25) is 0 Å². The molecule has 1 heterocycles. The van der Waals surface area contributed by atoms with Gasteiger partial charge in [0.25, 0.3) is 0 Å². The highest BCUT2D eigenvalue weighted by atomic mass is 16.3. The highest BCUT2D eigenvalue weighted by molar-refractivity contribution is 6.07. The Hall–Kier alpha value is -2.59.